The van der Waals surface area contributed by atoms with E-state index in [1.807, 2.05) is 50.3 Å². The molecule has 0 radical (unpaired) electrons. The highest BCUT2D eigenvalue weighted by molar-refractivity contribution is 8.26. The molecule has 0 bridgehead atoms. The molecular weight excluding hydrogens is 380 g/mol. The van der Waals surface area contributed by atoms with Gasteiger partial charge in [0.15, 0.2) is 0 Å². The zero-order valence-corrected chi connectivity index (χ0v) is 16.8. The largest absolute Gasteiger partial charge is 0.494 e. The molecule has 27 heavy (non-hydrogen) atoms. The first kappa shape index (κ1) is 19.4. The number of amides is 1. The van der Waals surface area contributed by atoms with Crippen molar-refractivity contribution in [2.75, 3.05) is 13.2 Å². The van der Waals surface area contributed by atoms with Gasteiger partial charge in [-0.25, -0.2) is 0 Å². The predicted octanol–water partition coefficient (Wildman–Crippen LogP) is 4.28. The lowest BCUT2D eigenvalue weighted by Gasteiger charge is -2.14. The van der Waals surface area contributed by atoms with Crippen molar-refractivity contribution in [2.45, 2.75) is 20.4 Å². The topological polar surface area (TPSA) is 51.7 Å². The van der Waals surface area contributed by atoms with E-state index in [9.17, 15) is 4.79 Å². The average Bonchev–Trinajstić information content (AvgIpc) is 2.93. The Hall–Kier alpha value is -2.38. The number of ether oxygens (including phenoxy) is 2. The molecule has 2 aromatic rings. The van der Waals surface area contributed by atoms with Crippen molar-refractivity contribution in [1.29, 1.82) is 0 Å². The third kappa shape index (κ3) is 4.67. The van der Waals surface area contributed by atoms with Gasteiger partial charge in [0, 0.05) is 24.0 Å². The summed E-state index contributed by atoms with van der Waals surface area (Å²) < 4.78 is 11.8. The molecule has 1 aromatic carbocycles. The Labute approximate surface area is 168 Å². The minimum Gasteiger partial charge on any atom is -0.494 e. The Morgan fingerprint density at radius 2 is 2.04 bits per heavy atom. The number of thiocarbonyl (C=S) groups is 1. The van der Waals surface area contributed by atoms with Crippen molar-refractivity contribution in [3.05, 3.63) is 58.8 Å². The molecule has 0 spiro atoms. The van der Waals surface area contributed by atoms with Crippen LogP contribution in [0.15, 0.2) is 47.6 Å². The molecule has 1 amide bonds. The molecule has 3 rings (SSSR count). The van der Waals surface area contributed by atoms with E-state index in [1.54, 1.807) is 17.3 Å². The number of hydrogen-bond donors (Lipinski definition) is 0. The van der Waals surface area contributed by atoms with Crippen molar-refractivity contribution in [2.24, 2.45) is 0 Å². The normalized spacial score (nSPS) is 15.5. The standard InChI is InChI=1S/C20H20N2O3S2/c1-3-24-16-8-7-15(17(11-16)25-4-2)10-18-19(23)22(20(26)27-18)13-14-6-5-9-21-12-14/h5-12H,3-4,13H2,1-2H3. The highest BCUT2D eigenvalue weighted by Crippen LogP contribution is 2.36. The van der Waals surface area contributed by atoms with Gasteiger partial charge < -0.3 is 9.47 Å². The Kier molecular flexibility index (Phi) is 6.47. The summed E-state index contributed by atoms with van der Waals surface area (Å²) >= 11 is 6.70. The number of hydrogen-bond acceptors (Lipinski definition) is 6. The molecule has 0 saturated carbocycles. The van der Waals surface area contributed by atoms with Gasteiger partial charge in [0.2, 0.25) is 0 Å². The lowest BCUT2D eigenvalue weighted by atomic mass is 10.1. The highest BCUT2D eigenvalue weighted by Gasteiger charge is 2.32. The minimum atomic E-state index is -0.106. The summed E-state index contributed by atoms with van der Waals surface area (Å²) in [4.78, 5) is 19.1. The van der Waals surface area contributed by atoms with Gasteiger partial charge in [-0.05, 0) is 43.7 Å². The molecule has 2 heterocycles. The first-order valence-corrected chi connectivity index (χ1v) is 9.88. The van der Waals surface area contributed by atoms with Crippen LogP contribution in [0.4, 0.5) is 0 Å². The molecule has 140 valence electrons. The summed E-state index contributed by atoms with van der Waals surface area (Å²) in [6, 6.07) is 9.37. The van der Waals surface area contributed by atoms with Crippen LogP contribution in [0.3, 0.4) is 0 Å². The molecule has 0 aliphatic carbocycles. The number of thioether (sulfide) groups is 1. The quantitative estimate of drug-likeness (QED) is 0.511. The Morgan fingerprint density at radius 3 is 2.74 bits per heavy atom. The Morgan fingerprint density at radius 1 is 1.22 bits per heavy atom. The smallest absolute Gasteiger partial charge is 0.266 e. The van der Waals surface area contributed by atoms with Crippen molar-refractivity contribution in [1.82, 2.24) is 9.88 Å². The van der Waals surface area contributed by atoms with Gasteiger partial charge >= 0.3 is 0 Å². The van der Waals surface area contributed by atoms with Crippen LogP contribution in [0.1, 0.15) is 25.0 Å². The fourth-order valence-electron chi connectivity index (χ4n) is 2.62. The van der Waals surface area contributed by atoms with Gasteiger partial charge in [-0.3, -0.25) is 14.7 Å². The molecule has 1 fully saturated rings. The summed E-state index contributed by atoms with van der Waals surface area (Å²) in [6.07, 6.45) is 5.26. The van der Waals surface area contributed by atoms with Crippen LogP contribution in [0.5, 0.6) is 11.5 Å². The molecular formula is C20H20N2O3S2. The number of pyridine rings is 1. The predicted molar refractivity (Wildman–Crippen MR) is 112 cm³/mol. The van der Waals surface area contributed by atoms with Crippen LogP contribution in [-0.2, 0) is 11.3 Å². The lowest BCUT2D eigenvalue weighted by Crippen LogP contribution is -2.27. The van der Waals surface area contributed by atoms with Gasteiger partial charge in [-0.2, -0.15) is 0 Å². The van der Waals surface area contributed by atoms with Crippen LogP contribution in [0.25, 0.3) is 6.08 Å². The summed E-state index contributed by atoms with van der Waals surface area (Å²) in [7, 11) is 0. The molecule has 7 heteroatoms. The van der Waals surface area contributed by atoms with E-state index in [-0.39, 0.29) is 5.91 Å². The second-order valence-corrected chi connectivity index (χ2v) is 7.37. The molecule has 0 atom stereocenters. The van der Waals surface area contributed by atoms with Crippen LogP contribution >= 0.6 is 24.0 Å². The summed E-state index contributed by atoms with van der Waals surface area (Å²) in [5.41, 5.74) is 1.76. The second-order valence-electron chi connectivity index (χ2n) is 5.69. The third-order valence-corrected chi connectivity index (χ3v) is 5.20. The van der Waals surface area contributed by atoms with Crippen molar-refractivity contribution < 1.29 is 14.3 Å². The van der Waals surface area contributed by atoms with Gasteiger partial charge in [0.25, 0.3) is 5.91 Å². The molecule has 0 N–H and O–H groups in total. The second kappa shape index (κ2) is 9.01. The number of rotatable bonds is 7. The average molecular weight is 401 g/mol. The Balaban J connectivity index is 1.84. The maximum atomic E-state index is 12.8. The van der Waals surface area contributed by atoms with Crippen molar-refractivity contribution in [3.63, 3.8) is 0 Å². The fourth-order valence-corrected chi connectivity index (χ4v) is 3.87. The van der Waals surface area contributed by atoms with Crippen LogP contribution in [-0.4, -0.2) is 33.3 Å². The van der Waals surface area contributed by atoms with Crippen LogP contribution in [0, 0.1) is 0 Å². The molecule has 1 saturated heterocycles. The summed E-state index contributed by atoms with van der Waals surface area (Å²) in [6.45, 7) is 5.38. The monoisotopic (exact) mass is 400 g/mol. The first-order valence-electron chi connectivity index (χ1n) is 8.66. The van der Waals surface area contributed by atoms with E-state index in [0.717, 1.165) is 16.9 Å². The van der Waals surface area contributed by atoms with Gasteiger partial charge in [0.1, 0.15) is 15.8 Å². The number of aromatic nitrogens is 1. The summed E-state index contributed by atoms with van der Waals surface area (Å²) in [5, 5.41) is 0. The van der Waals surface area contributed by atoms with E-state index in [1.165, 1.54) is 11.8 Å². The van der Waals surface area contributed by atoms with E-state index < -0.39 is 0 Å². The fraction of sp³-hybridized carbons (Fsp3) is 0.250. The maximum Gasteiger partial charge on any atom is 0.266 e. The first-order chi connectivity index (χ1) is 13.1. The van der Waals surface area contributed by atoms with Crippen molar-refractivity contribution in [3.8, 4) is 11.5 Å². The molecule has 5 nitrogen and oxygen atoms in total. The lowest BCUT2D eigenvalue weighted by molar-refractivity contribution is -0.122. The number of benzene rings is 1. The van der Waals surface area contributed by atoms with E-state index >= 15 is 0 Å². The van der Waals surface area contributed by atoms with E-state index in [0.29, 0.717) is 34.7 Å². The maximum absolute atomic E-state index is 12.8. The van der Waals surface area contributed by atoms with Crippen molar-refractivity contribution >= 4 is 40.3 Å². The van der Waals surface area contributed by atoms with Gasteiger partial charge in [-0.1, -0.05) is 30.0 Å². The SMILES string of the molecule is CCOc1ccc(C=C2SC(=S)N(Cc3cccnc3)C2=O)c(OCC)c1. The van der Waals surface area contributed by atoms with Gasteiger partial charge in [-0.15, -0.1) is 0 Å². The molecule has 1 aliphatic rings. The zero-order chi connectivity index (χ0) is 19.2. The third-order valence-electron chi connectivity index (χ3n) is 3.82. The van der Waals surface area contributed by atoms with Crippen LogP contribution in [0.2, 0.25) is 0 Å². The highest BCUT2D eigenvalue weighted by atomic mass is 32.2. The van der Waals surface area contributed by atoms with E-state index in [4.69, 9.17) is 21.7 Å². The number of carbonyl (C=O) groups excluding carboxylic acids is 1. The molecule has 1 aliphatic heterocycles. The summed E-state index contributed by atoms with van der Waals surface area (Å²) in [5.74, 6) is 1.31. The number of nitrogens with zero attached hydrogens (tertiary/aromatic N) is 2. The number of carbonyl (C=O) groups is 1. The van der Waals surface area contributed by atoms with E-state index in [2.05, 4.69) is 4.98 Å². The van der Waals surface area contributed by atoms with Crippen LogP contribution < -0.4 is 9.47 Å². The zero-order valence-electron chi connectivity index (χ0n) is 15.2. The van der Waals surface area contributed by atoms with Gasteiger partial charge in [0.05, 0.1) is 24.7 Å². The Bertz CT molecular complexity index is 869. The minimum absolute atomic E-state index is 0.106. The molecule has 1 aromatic heterocycles. The molecule has 0 unspecified atom stereocenters.